The Morgan fingerprint density at radius 2 is 0.900 bits per heavy atom. The zero-order chi connectivity index (χ0) is 56.4. The zero-order valence-corrected chi connectivity index (χ0v) is 37.3. The fraction of sp³-hybridized carbons (Fsp3) is 0.0294. The first-order valence-electron chi connectivity index (χ1n) is 29.4. The van der Waals surface area contributed by atoms with E-state index in [0.717, 1.165) is 77.8 Å². The van der Waals surface area contributed by atoms with Gasteiger partial charge in [-0.3, -0.25) is 0 Å². The predicted molar refractivity (Wildman–Crippen MR) is 292 cm³/mol. The number of anilines is 3. The minimum absolute atomic E-state index is 0.0816. The molecule has 326 valence electrons. The quantitative estimate of drug-likeness (QED) is 0.165. The highest BCUT2D eigenvalue weighted by molar-refractivity contribution is 6.13. The van der Waals surface area contributed by atoms with E-state index in [1.807, 2.05) is 72.8 Å². The monoisotopic (exact) mass is 901 g/mol. The zero-order valence-electron chi connectivity index (χ0n) is 49.3. The lowest BCUT2D eigenvalue weighted by atomic mass is 9.54. The second-order valence-corrected chi connectivity index (χ2v) is 18.1. The Kier molecular flexibility index (Phi) is 6.22. The number of furan rings is 1. The van der Waals surface area contributed by atoms with Crippen LogP contribution in [-0.2, 0) is 11.8 Å². The Balaban J connectivity index is 0.981. The summed E-state index contributed by atoms with van der Waals surface area (Å²) in [6, 6.07) is 53.5. The fourth-order valence-electron chi connectivity index (χ4n) is 11.5. The van der Waals surface area contributed by atoms with Gasteiger partial charge >= 0.3 is 0 Å². The largest absolute Gasteiger partial charge is 0.455 e. The lowest BCUT2D eigenvalue weighted by Crippen LogP contribution is -2.39. The Morgan fingerprint density at radius 3 is 1.56 bits per heavy atom. The van der Waals surface area contributed by atoms with Crippen LogP contribution < -0.4 is 4.90 Å². The molecule has 0 unspecified atom stereocenters. The SMILES string of the molecule is [2H]c1c([2H])c2c3c(c([2H])c([2H])c([2H])c3c1[2H])C1(c3cccc4c(N(c5ccc(-c6ccc(-c7ccccc7)cc6)cc5)c5ccc(-c6cccc7c6oc6ccccc67)cc5)ccc1c34)c1c([2H])c([2H])c([2H])c3c([2H])c([2H])c([2H])c(c13)C2. The van der Waals surface area contributed by atoms with Crippen molar-refractivity contribution < 1.29 is 20.9 Å². The molecule has 1 aromatic heterocycles. The highest BCUT2D eigenvalue weighted by Crippen LogP contribution is 2.62. The van der Waals surface area contributed by atoms with E-state index < -0.39 is 77.9 Å². The summed E-state index contributed by atoms with van der Waals surface area (Å²) >= 11 is 0. The molecule has 12 aromatic carbocycles. The molecule has 2 nitrogen and oxygen atoms in total. The van der Waals surface area contributed by atoms with Gasteiger partial charge in [0.2, 0.25) is 0 Å². The first-order valence-corrected chi connectivity index (χ1v) is 23.4. The van der Waals surface area contributed by atoms with Crippen LogP contribution in [-0.4, -0.2) is 0 Å². The van der Waals surface area contributed by atoms with Crippen molar-refractivity contribution in [2.75, 3.05) is 4.90 Å². The number of rotatable bonds is 6. The maximum absolute atomic E-state index is 9.97. The van der Waals surface area contributed by atoms with Crippen molar-refractivity contribution in [1.29, 1.82) is 0 Å². The van der Waals surface area contributed by atoms with Crippen LogP contribution in [0.3, 0.4) is 0 Å². The highest BCUT2D eigenvalue weighted by Gasteiger charge is 2.50. The molecular formula is C68H43NO. The van der Waals surface area contributed by atoms with Crippen LogP contribution in [0.2, 0.25) is 0 Å². The highest BCUT2D eigenvalue weighted by atomic mass is 16.3. The first-order chi connectivity index (χ1) is 39.7. The van der Waals surface area contributed by atoms with Crippen LogP contribution >= 0.6 is 0 Å². The molecule has 1 spiro atoms. The molecule has 1 heterocycles. The predicted octanol–water partition coefficient (Wildman–Crippen LogP) is 18.1. The number of benzene rings is 12. The first kappa shape index (κ1) is 29.0. The average Bonchev–Trinajstić information content (AvgIpc) is 0.750. The summed E-state index contributed by atoms with van der Waals surface area (Å²) in [4.78, 5) is 2.17. The van der Waals surface area contributed by atoms with Crippen molar-refractivity contribution in [3.05, 3.63) is 282 Å². The molecule has 2 aliphatic carbocycles. The third kappa shape index (κ3) is 5.56. The van der Waals surface area contributed by atoms with Crippen molar-refractivity contribution in [3.63, 3.8) is 0 Å². The summed E-state index contributed by atoms with van der Waals surface area (Å²) in [5, 5.41) is 3.45. The standard InChI is InChI=1S/C68H43NO/c1-2-12-43(13-3-1)44-28-30-45(31-29-44)46-32-36-52(37-33-46)69(53-38-34-47(35-39-53)54-21-10-22-56-55-20-4-5-27-63(55)70-67(54)56)62-41-40-61-66-57(62)23-11-26-60(66)68(61)58-24-8-16-48-14-6-18-50(64(48)58)42-51-19-7-15-49-17-9-25-59(68)65(49)51/h1-41H,42H2/i6D,7D,8D,9D,14D,15D,16D,17D,18D,19D,24D,25D. The van der Waals surface area contributed by atoms with E-state index in [4.69, 9.17) is 7.16 Å². The number of fused-ring (bicyclic) bond motifs is 7. The normalized spacial score (nSPS) is 15.6. The number of hydrogen-bond donors (Lipinski definition) is 0. The van der Waals surface area contributed by atoms with E-state index in [0.29, 0.717) is 16.5 Å². The van der Waals surface area contributed by atoms with Gasteiger partial charge in [-0.15, -0.1) is 0 Å². The minimum Gasteiger partial charge on any atom is -0.455 e. The molecule has 0 N–H and O–H groups in total. The number of hydrogen-bond acceptors (Lipinski definition) is 2. The third-order valence-corrected chi connectivity index (χ3v) is 14.6. The van der Waals surface area contributed by atoms with Gasteiger partial charge in [0.15, 0.2) is 0 Å². The second-order valence-electron chi connectivity index (χ2n) is 18.1. The van der Waals surface area contributed by atoms with Gasteiger partial charge in [-0.2, -0.15) is 0 Å². The maximum atomic E-state index is 9.97. The molecule has 13 aromatic rings. The molecule has 0 amide bonds. The summed E-state index contributed by atoms with van der Waals surface area (Å²) in [6.07, 6.45) is -0.333. The van der Waals surface area contributed by atoms with Gasteiger partial charge in [-0.05, 0) is 131 Å². The lowest BCUT2D eigenvalue weighted by molar-refractivity contribution is 0.670. The fourth-order valence-corrected chi connectivity index (χ4v) is 11.5. The van der Waals surface area contributed by atoms with E-state index in [-0.39, 0.29) is 50.2 Å². The van der Waals surface area contributed by atoms with E-state index in [1.165, 1.54) is 0 Å². The van der Waals surface area contributed by atoms with E-state index in [1.54, 1.807) is 0 Å². The Morgan fingerprint density at radius 1 is 0.386 bits per heavy atom. The molecule has 0 aliphatic heterocycles. The Hall–Kier alpha value is -8.98. The Bertz CT molecular complexity index is 4810. The summed E-state index contributed by atoms with van der Waals surface area (Å²) in [7, 11) is 0. The van der Waals surface area contributed by atoms with Gasteiger partial charge < -0.3 is 9.32 Å². The average molecular weight is 902 g/mol. The second kappa shape index (κ2) is 15.0. The lowest BCUT2D eigenvalue weighted by Gasteiger charge is -2.48. The van der Waals surface area contributed by atoms with Crippen molar-refractivity contribution in [1.82, 2.24) is 0 Å². The van der Waals surface area contributed by atoms with Gasteiger partial charge in [0.25, 0.3) is 0 Å². The summed E-state index contributed by atoms with van der Waals surface area (Å²) in [5.74, 6) is 0. The van der Waals surface area contributed by atoms with E-state index in [9.17, 15) is 13.7 Å². The van der Waals surface area contributed by atoms with Crippen molar-refractivity contribution in [2.45, 2.75) is 11.8 Å². The van der Waals surface area contributed by atoms with Gasteiger partial charge in [-0.25, -0.2) is 0 Å². The topological polar surface area (TPSA) is 16.4 Å². The van der Waals surface area contributed by atoms with E-state index in [2.05, 4.69) is 108 Å². The molecule has 0 fully saturated rings. The maximum Gasteiger partial charge on any atom is 0.143 e. The van der Waals surface area contributed by atoms with Crippen LogP contribution in [0.5, 0.6) is 0 Å². The van der Waals surface area contributed by atoms with Crippen LogP contribution in [0.15, 0.2) is 253 Å². The molecule has 2 heteroatoms. The molecule has 0 saturated heterocycles. The van der Waals surface area contributed by atoms with Crippen LogP contribution in [0, 0.1) is 0 Å². The Labute approximate surface area is 422 Å². The van der Waals surface area contributed by atoms with E-state index >= 15 is 0 Å². The summed E-state index contributed by atoms with van der Waals surface area (Å²) < 4.78 is 119. The van der Waals surface area contributed by atoms with Gasteiger partial charge in [0.05, 0.1) is 27.6 Å². The van der Waals surface area contributed by atoms with Crippen LogP contribution in [0.4, 0.5) is 17.1 Å². The molecular weight excluding hydrogens is 847 g/mol. The summed E-state index contributed by atoms with van der Waals surface area (Å²) in [6.45, 7) is 0. The molecule has 2 aliphatic rings. The van der Waals surface area contributed by atoms with Crippen LogP contribution in [0.1, 0.15) is 49.8 Å². The molecule has 0 bridgehead atoms. The molecule has 0 atom stereocenters. The van der Waals surface area contributed by atoms with Crippen molar-refractivity contribution in [2.24, 2.45) is 0 Å². The summed E-state index contributed by atoms with van der Waals surface area (Å²) in [5.41, 5.74) is 9.79. The van der Waals surface area contributed by atoms with Crippen molar-refractivity contribution >= 4 is 71.3 Å². The third-order valence-electron chi connectivity index (χ3n) is 14.6. The minimum atomic E-state index is -1.79. The van der Waals surface area contributed by atoms with Gasteiger partial charge in [0, 0.05) is 33.1 Å². The molecule has 70 heavy (non-hydrogen) atoms. The van der Waals surface area contributed by atoms with Gasteiger partial charge in [-0.1, -0.05) is 212 Å². The number of nitrogens with zero attached hydrogens (tertiary/aromatic N) is 1. The molecule has 15 rings (SSSR count). The van der Waals surface area contributed by atoms with Gasteiger partial charge in [0.1, 0.15) is 11.2 Å². The number of para-hydroxylation sites is 2. The molecule has 0 radical (unpaired) electrons. The van der Waals surface area contributed by atoms with Crippen LogP contribution in [0.25, 0.3) is 87.6 Å². The molecule has 0 saturated carbocycles. The smallest absolute Gasteiger partial charge is 0.143 e. The van der Waals surface area contributed by atoms with Crippen molar-refractivity contribution in [3.8, 4) is 33.4 Å².